The van der Waals surface area contributed by atoms with Gasteiger partial charge in [-0.05, 0) is 12.8 Å². The zero-order valence-electron chi connectivity index (χ0n) is 6.66. The highest BCUT2D eigenvalue weighted by Crippen LogP contribution is 2.19. The number of nitrogens with zero attached hydrogens (tertiary/aromatic N) is 1. The van der Waals surface area contributed by atoms with Crippen LogP contribution in [0.4, 0.5) is 0 Å². The first-order valence-corrected chi connectivity index (χ1v) is 5.64. The topological polar surface area (TPSA) is 63.4 Å². The zero-order chi connectivity index (χ0) is 8.48. The van der Waals surface area contributed by atoms with Gasteiger partial charge in [0.2, 0.25) is 0 Å². The molecular weight excluding hydrogens is 164 g/mol. The summed E-state index contributed by atoms with van der Waals surface area (Å²) in [6.45, 7) is 1.16. The fraction of sp³-hybridized carbons (Fsp3) is 1.00. The minimum atomic E-state index is -2.92. The van der Waals surface area contributed by atoms with Crippen LogP contribution in [0.3, 0.4) is 0 Å². The summed E-state index contributed by atoms with van der Waals surface area (Å²) in [4.78, 5) is 1.80. The van der Waals surface area contributed by atoms with Gasteiger partial charge < -0.3 is 5.73 Å². The zero-order valence-corrected chi connectivity index (χ0v) is 7.47. The summed E-state index contributed by atoms with van der Waals surface area (Å²) in [6.07, 6.45) is 2.94. The van der Waals surface area contributed by atoms with Crippen molar-refractivity contribution in [2.75, 3.05) is 19.5 Å². The number of likely N-dealkylation sites (tertiary alicyclic amines) is 1. The standard InChI is InChI=1S/C6H14N2O2S/c1-11(9,10)6-3-2-4-8(6)5-7/h6H,2-5,7H2,1H3. The molecule has 0 spiro atoms. The third kappa shape index (κ3) is 1.91. The molecule has 0 radical (unpaired) electrons. The predicted octanol–water partition coefficient (Wildman–Crippen LogP) is -0.631. The van der Waals surface area contributed by atoms with Gasteiger partial charge in [-0.1, -0.05) is 0 Å². The summed E-state index contributed by atoms with van der Waals surface area (Å²) < 4.78 is 22.2. The molecule has 1 rings (SSSR count). The maximum atomic E-state index is 11.1. The van der Waals surface area contributed by atoms with Crippen LogP contribution >= 0.6 is 0 Å². The molecule has 5 heteroatoms. The van der Waals surface area contributed by atoms with Gasteiger partial charge in [-0.2, -0.15) is 0 Å². The van der Waals surface area contributed by atoms with E-state index in [2.05, 4.69) is 0 Å². The molecule has 0 aromatic rings. The van der Waals surface area contributed by atoms with E-state index in [-0.39, 0.29) is 5.37 Å². The van der Waals surface area contributed by atoms with Gasteiger partial charge in [-0.15, -0.1) is 0 Å². The lowest BCUT2D eigenvalue weighted by Crippen LogP contribution is -2.39. The van der Waals surface area contributed by atoms with Crippen molar-refractivity contribution in [2.45, 2.75) is 18.2 Å². The Balaban J connectivity index is 2.72. The summed E-state index contributed by atoms with van der Waals surface area (Å²) in [7, 11) is -2.92. The van der Waals surface area contributed by atoms with Crippen molar-refractivity contribution in [1.82, 2.24) is 4.90 Å². The fourth-order valence-corrected chi connectivity index (χ4v) is 2.82. The largest absolute Gasteiger partial charge is 0.318 e. The molecule has 0 aromatic heterocycles. The van der Waals surface area contributed by atoms with Gasteiger partial charge in [-0.3, -0.25) is 4.90 Å². The van der Waals surface area contributed by atoms with Crippen LogP contribution in [0, 0.1) is 0 Å². The molecule has 1 saturated heterocycles. The summed E-state index contributed by atoms with van der Waals surface area (Å²) >= 11 is 0. The normalized spacial score (nSPS) is 27.6. The van der Waals surface area contributed by atoms with Crippen molar-refractivity contribution in [3.8, 4) is 0 Å². The van der Waals surface area contributed by atoms with Gasteiger partial charge in [0.25, 0.3) is 0 Å². The van der Waals surface area contributed by atoms with E-state index in [9.17, 15) is 8.42 Å². The van der Waals surface area contributed by atoms with Gasteiger partial charge in [0, 0.05) is 19.5 Å². The van der Waals surface area contributed by atoms with E-state index < -0.39 is 9.84 Å². The summed E-state index contributed by atoms with van der Waals surface area (Å²) in [5.41, 5.74) is 5.38. The first-order chi connectivity index (χ1) is 5.05. The molecule has 0 aliphatic carbocycles. The third-order valence-electron chi connectivity index (χ3n) is 2.03. The van der Waals surface area contributed by atoms with Crippen LogP contribution in [-0.4, -0.2) is 38.2 Å². The third-order valence-corrected chi connectivity index (χ3v) is 3.55. The average Bonchev–Trinajstić information content (AvgIpc) is 2.31. The van der Waals surface area contributed by atoms with E-state index in [1.54, 1.807) is 4.90 Å². The summed E-state index contributed by atoms with van der Waals surface area (Å²) in [5, 5.41) is -0.326. The Labute approximate surface area is 67.3 Å². The van der Waals surface area contributed by atoms with Crippen LogP contribution in [0.5, 0.6) is 0 Å². The lowest BCUT2D eigenvalue weighted by atomic mass is 10.4. The maximum Gasteiger partial charge on any atom is 0.163 e. The fourth-order valence-electron chi connectivity index (χ4n) is 1.49. The molecule has 1 unspecified atom stereocenters. The van der Waals surface area contributed by atoms with Crippen molar-refractivity contribution in [3.05, 3.63) is 0 Å². The number of rotatable bonds is 2. The van der Waals surface area contributed by atoms with Crippen molar-refractivity contribution in [1.29, 1.82) is 0 Å². The molecule has 0 aromatic carbocycles. The number of hydrogen-bond acceptors (Lipinski definition) is 4. The van der Waals surface area contributed by atoms with Crippen molar-refractivity contribution >= 4 is 9.84 Å². The van der Waals surface area contributed by atoms with Gasteiger partial charge in [0.1, 0.15) is 5.37 Å². The molecule has 11 heavy (non-hydrogen) atoms. The molecular formula is C6H14N2O2S. The Hall–Kier alpha value is -0.130. The molecule has 1 heterocycles. The van der Waals surface area contributed by atoms with Crippen molar-refractivity contribution < 1.29 is 8.42 Å². The number of nitrogens with two attached hydrogens (primary N) is 1. The summed E-state index contributed by atoms with van der Waals surface area (Å²) in [5.74, 6) is 0. The first-order valence-electron chi connectivity index (χ1n) is 3.68. The lowest BCUT2D eigenvalue weighted by molar-refractivity contribution is 0.316. The van der Waals surface area contributed by atoms with E-state index in [0.29, 0.717) is 6.67 Å². The Morgan fingerprint density at radius 1 is 1.64 bits per heavy atom. The van der Waals surface area contributed by atoms with Gasteiger partial charge in [0.05, 0.1) is 0 Å². The van der Waals surface area contributed by atoms with E-state index in [0.717, 1.165) is 19.4 Å². The second-order valence-corrected chi connectivity index (χ2v) is 5.12. The van der Waals surface area contributed by atoms with Crippen LogP contribution in [-0.2, 0) is 9.84 Å². The monoisotopic (exact) mass is 178 g/mol. The molecule has 2 N–H and O–H groups in total. The molecule has 0 bridgehead atoms. The van der Waals surface area contributed by atoms with Gasteiger partial charge in [0.15, 0.2) is 9.84 Å². The van der Waals surface area contributed by atoms with E-state index in [1.807, 2.05) is 0 Å². The Morgan fingerprint density at radius 2 is 2.27 bits per heavy atom. The van der Waals surface area contributed by atoms with E-state index >= 15 is 0 Å². The molecule has 1 aliphatic heterocycles. The Kier molecular flexibility index (Phi) is 2.51. The molecule has 1 aliphatic rings. The van der Waals surface area contributed by atoms with E-state index in [4.69, 9.17) is 5.73 Å². The van der Waals surface area contributed by atoms with Crippen LogP contribution in [0.1, 0.15) is 12.8 Å². The first kappa shape index (κ1) is 8.96. The molecule has 1 atom stereocenters. The highest BCUT2D eigenvalue weighted by molar-refractivity contribution is 7.91. The second-order valence-electron chi connectivity index (χ2n) is 2.92. The number of sulfone groups is 1. The molecule has 66 valence electrons. The van der Waals surface area contributed by atoms with Crippen LogP contribution in [0.2, 0.25) is 0 Å². The molecule has 0 saturated carbocycles. The van der Waals surface area contributed by atoms with Gasteiger partial charge in [-0.25, -0.2) is 8.42 Å². The quantitative estimate of drug-likeness (QED) is 0.611. The molecule has 4 nitrogen and oxygen atoms in total. The van der Waals surface area contributed by atoms with Crippen LogP contribution in [0.25, 0.3) is 0 Å². The van der Waals surface area contributed by atoms with Crippen molar-refractivity contribution in [3.63, 3.8) is 0 Å². The second kappa shape index (κ2) is 3.08. The minimum Gasteiger partial charge on any atom is -0.318 e. The van der Waals surface area contributed by atoms with Gasteiger partial charge >= 0.3 is 0 Å². The minimum absolute atomic E-state index is 0.326. The van der Waals surface area contributed by atoms with E-state index in [1.165, 1.54) is 6.26 Å². The molecule has 0 amide bonds. The van der Waals surface area contributed by atoms with Crippen LogP contribution < -0.4 is 5.73 Å². The maximum absolute atomic E-state index is 11.1. The average molecular weight is 178 g/mol. The number of hydrogen-bond donors (Lipinski definition) is 1. The lowest BCUT2D eigenvalue weighted by Gasteiger charge is -2.19. The Bertz CT molecular complexity index is 225. The highest BCUT2D eigenvalue weighted by Gasteiger charge is 2.31. The van der Waals surface area contributed by atoms with Crippen LogP contribution in [0.15, 0.2) is 0 Å². The SMILES string of the molecule is CS(=O)(=O)C1CCCN1CN. The smallest absolute Gasteiger partial charge is 0.163 e. The Morgan fingerprint density at radius 3 is 2.64 bits per heavy atom. The molecule has 1 fully saturated rings. The van der Waals surface area contributed by atoms with Crippen molar-refractivity contribution in [2.24, 2.45) is 5.73 Å². The highest BCUT2D eigenvalue weighted by atomic mass is 32.2. The predicted molar refractivity (Wildman–Crippen MR) is 43.6 cm³/mol. The summed E-state index contributed by atoms with van der Waals surface area (Å²) in [6, 6.07) is 0.